The summed E-state index contributed by atoms with van der Waals surface area (Å²) < 4.78 is 7.18. The van der Waals surface area contributed by atoms with Crippen molar-refractivity contribution in [2.45, 2.75) is 18.1 Å². The van der Waals surface area contributed by atoms with Crippen LogP contribution in [-0.4, -0.2) is 70.1 Å². The third-order valence-electron chi connectivity index (χ3n) is 4.61. The van der Waals surface area contributed by atoms with Crippen LogP contribution >= 0.6 is 35.0 Å². The number of amides is 2. The van der Waals surface area contributed by atoms with Crippen LogP contribution in [0.3, 0.4) is 0 Å². The van der Waals surface area contributed by atoms with Crippen molar-refractivity contribution < 1.29 is 14.3 Å². The number of hydrogen-bond acceptors (Lipinski definition) is 6. The lowest BCUT2D eigenvalue weighted by Crippen LogP contribution is -2.41. The summed E-state index contributed by atoms with van der Waals surface area (Å²) in [6, 6.07) is 4.73. The fraction of sp³-hybridized carbons (Fsp3) is 0.400. The quantitative estimate of drug-likeness (QED) is 0.435. The Kier molecular flexibility index (Phi) is 8.77. The number of thioether (sulfide) groups is 1. The fourth-order valence-corrected chi connectivity index (χ4v) is 4.15. The van der Waals surface area contributed by atoms with E-state index < -0.39 is 0 Å². The van der Waals surface area contributed by atoms with Gasteiger partial charge in [-0.25, -0.2) is 0 Å². The number of benzene rings is 1. The molecular weight excluding hydrogens is 461 g/mol. The van der Waals surface area contributed by atoms with Gasteiger partial charge in [-0.1, -0.05) is 41.0 Å². The van der Waals surface area contributed by atoms with Gasteiger partial charge in [-0.2, -0.15) is 0 Å². The molecule has 166 valence electrons. The van der Waals surface area contributed by atoms with Crippen LogP contribution in [0.15, 0.2) is 36.0 Å². The van der Waals surface area contributed by atoms with Gasteiger partial charge in [0.15, 0.2) is 5.16 Å². The molecule has 0 spiro atoms. The maximum absolute atomic E-state index is 12.4. The Bertz CT molecular complexity index is 947. The normalized spacial score (nSPS) is 13.8. The number of halogens is 2. The van der Waals surface area contributed by atoms with E-state index in [-0.39, 0.29) is 17.6 Å². The molecule has 1 aromatic heterocycles. The van der Waals surface area contributed by atoms with E-state index in [0.717, 1.165) is 0 Å². The number of carbonyl (C=O) groups excluding carboxylic acids is 2. The first-order valence-corrected chi connectivity index (χ1v) is 11.5. The van der Waals surface area contributed by atoms with Crippen LogP contribution in [0.1, 0.15) is 16.2 Å². The average molecular weight is 484 g/mol. The largest absolute Gasteiger partial charge is 0.378 e. The second-order valence-corrected chi connectivity index (χ2v) is 8.47. The Morgan fingerprint density at radius 1 is 1.23 bits per heavy atom. The highest BCUT2D eigenvalue weighted by Gasteiger charge is 2.19. The minimum absolute atomic E-state index is 0.0527. The summed E-state index contributed by atoms with van der Waals surface area (Å²) in [7, 11) is 0. The minimum atomic E-state index is -0.251. The summed E-state index contributed by atoms with van der Waals surface area (Å²) >= 11 is 13.2. The molecule has 8 nitrogen and oxygen atoms in total. The van der Waals surface area contributed by atoms with Crippen molar-refractivity contribution in [1.82, 2.24) is 25.0 Å². The summed E-state index contributed by atoms with van der Waals surface area (Å²) in [5, 5.41) is 12.7. The molecule has 0 bridgehead atoms. The highest BCUT2D eigenvalue weighted by atomic mass is 35.5. The summed E-state index contributed by atoms with van der Waals surface area (Å²) in [4.78, 5) is 26.5. The van der Waals surface area contributed by atoms with E-state index in [4.69, 9.17) is 27.9 Å². The van der Waals surface area contributed by atoms with Gasteiger partial charge in [0.05, 0.1) is 29.0 Å². The molecule has 1 fully saturated rings. The highest BCUT2D eigenvalue weighted by molar-refractivity contribution is 7.99. The van der Waals surface area contributed by atoms with Crippen molar-refractivity contribution in [3.8, 4) is 0 Å². The first kappa shape index (κ1) is 23.6. The molecule has 1 saturated heterocycles. The Morgan fingerprint density at radius 2 is 2.00 bits per heavy atom. The van der Waals surface area contributed by atoms with Crippen LogP contribution in [0.25, 0.3) is 0 Å². The first-order valence-electron chi connectivity index (χ1n) is 9.74. The van der Waals surface area contributed by atoms with Gasteiger partial charge in [-0.3, -0.25) is 9.59 Å². The number of carbonyl (C=O) groups is 2. The molecular formula is C20H23Cl2N5O3S. The lowest BCUT2D eigenvalue weighted by molar-refractivity contribution is -0.132. The molecule has 3 rings (SSSR count). The predicted octanol–water partition coefficient (Wildman–Crippen LogP) is 2.69. The molecule has 31 heavy (non-hydrogen) atoms. The van der Waals surface area contributed by atoms with Crippen LogP contribution in [0, 0.1) is 0 Å². The zero-order chi connectivity index (χ0) is 22.2. The zero-order valence-corrected chi connectivity index (χ0v) is 19.2. The van der Waals surface area contributed by atoms with Gasteiger partial charge in [0.1, 0.15) is 5.82 Å². The van der Waals surface area contributed by atoms with E-state index in [1.807, 2.05) is 4.57 Å². The van der Waals surface area contributed by atoms with Crippen molar-refractivity contribution >= 4 is 46.8 Å². The van der Waals surface area contributed by atoms with Crippen LogP contribution in [0.4, 0.5) is 0 Å². The van der Waals surface area contributed by atoms with Gasteiger partial charge in [-0.15, -0.1) is 16.8 Å². The number of aromatic nitrogens is 3. The van der Waals surface area contributed by atoms with E-state index in [0.29, 0.717) is 72.4 Å². The number of nitrogens with one attached hydrogen (secondary N) is 1. The standard InChI is InChI=1S/C20H23Cl2N5O3S/c1-2-7-27-17(5-6-23-19(29)14-3-4-15(21)16(22)12-14)24-25-20(27)31-13-18(28)26-8-10-30-11-9-26/h2-4,12H,1,5-11,13H2,(H,23,29). The molecule has 2 heterocycles. The van der Waals surface area contributed by atoms with Crippen molar-refractivity contribution in [3.05, 3.63) is 52.3 Å². The molecule has 2 amide bonds. The number of nitrogens with zero attached hydrogens (tertiary/aromatic N) is 4. The second kappa shape index (κ2) is 11.5. The summed E-state index contributed by atoms with van der Waals surface area (Å²) in [5.74, 6) is 0.787. The van der Waals surface area contributed by atoms with Crippen LogP contribution < -0.4 is 5.32 Å². The van der Waals surface area contributed by atoms with Gasteiger partial charge in [0.25, 0.3) is 5.91 Å². The van der Waals surface area contributed by atoms with E-state index in [9.17, 15) is 9.59 Å². The smallest absolute Gasteiger partial charge is 0.251 e. The summed E-state index contributed by atoms with van der Waals surface area (Å²) in [5.41, 5.74) is 0.430. The molecule has 2 aromatic rings. The molecule has 0 radical (unpaired) electrons. The number of hydrogen-bond donors (Lipinski definition) is 1. The molecule has 0 aliphatic carbocycles. The van der Waals surface area contributed by atoms with Gasteiger partial charge >= 0.3 is 0 Å². The third-order valence-corrected chi connectivity index (χ3v) is 6.30. The Balaban J connectivity index is 1.55. The highest BCUT2D eigenvalue weighted by Crippen LogP contribution is 2.22. The van der Waals surface area contributed by atoms with Crippen molar-refractivity contribution in [2.75, 3.05) is 38.6 Å². The predicted molar refractivity (Wildman–Crippen MR) is 121 cm³/mol. The van der Waals surface area contributed by atoms with Gasteiger partial charge in [-0.05, 0) is 18.2 Å². The molecule has 11 heteroatoms. The number of allylic oxidation sites excluding steroid dienone is 1. The number of rotatable bonds is 9. The van der Waals surface area contributed by atoms with Crippen LogP contribution in [0.2, 0.25) is 10.0 Å². The lowest BCUT2D eigenvalue weighted by Gasteiger charge is -2.26. The number of morpholine rings is 1. The van der Waals surface area contributed by atoms with E-state index >= 15 is 0 Å². The zero-order valence-electron chi connectivity index (χ0n) is 16.9. The third kappa shape index (κ3) is 6.46. The second-order valence-electron chi connectivity index (χ2n) is 6.71. The van der Waals surface area contributed by atoms with Crippen LogP contribution in [0.5, 0.6) is 0 Å². The Hall–Kier alpha value is -2.07. The van der Waals surface area contributed by atoms with Crippen LogP contribution in [-0.2, 0) is 22.5 Å². The first-order chi connectivity index (χ1) is 15.0. The summed E-state index contributed by atoms with van der Waals surface area (Å²) in [6.45, 7) is 7.03. The fourth-order valence-electron chi connectivity index (χ4n) is 2.98. The summed E-state index contributed by atoms with van der Waals surface area (Å²) in [6.07, 6.45) is 2.22. The Morgan fingerprint density at radius 3 is 2.71 bits per heavy atom. The van der Waals surface area contributed by atoms with Crippen molar-refractivity contribution in [1.29, 1.82) is 0 Å². The maximum atomic E-state index is 12.4. The molecule has 1 aliphatic heterocycles. The lowest BCUT2D eigenvalue weighted by atomic mass is 10.2. The minimum Gasteiger partial charge on any atom is -0.378 e. The molecule has 0 unspecified atom stereocenters. The van der Waals surface area contributed by atoms with Gasteiger partial charge < -0.3 is 19.5 Å². The average Bonchev–Trinajstić information content (AvgIpc) is 3.16. The molecule has 0 atom stereocenters. The van der Waals surface area contributed by atoms with Gasteiger partial charge in [0.2, 0.25) is 5.91 Å². The van der Waals surface area contributed by atoms with E-state index in [1.165, 1.54) is 17.8 Å². The molecule has 0 saturated carbocycles. The van der Waals surface area contributed by atoms with E-state index in [2.05, 4.69) is 22.1 Å². The maximum Gasteiger partial charge on any atom is 0.251 e. The van der Waals surface area contributed by atoms with Gasteiger partial charge in [0, 0.05) is 38.2 Å². The monoisotopic (exact) mass is 483 g/mol. The van der Waals surface area contributed by atoms with E-state index in [1.54, 1.807) is 23.1 Å². The number of ether oxygens (including phenoxy) is 1. The Labute approximate surface area is 194 Å². The topological polar surface area (TPSA) is 89.3 Å². The molecule has 1 aliphatic rings. The van der Waals surface area contributed by atoms with Crippen molar-refractivity contribution in [3.63, 3.8) is 0 Å². The molecule has 1 aromatic carbocycles. The SMILES string of the molecule is C=CCn1c(CCNC(=O)c2ccc(Cl)c(Cl)c2)nnc1SCC(=O)N1CCOCC1. The molecule has 1 N–H and O–H groups in total. The van der Waals surface area contributed by atoms with Crippen molar-refractivity contribution in [2.24, 2.45) is 0 Å².